The van der Waals surface area contributed by atoms with Crippen LogP contribution < -0.4 is 21.4 Å². The van der Waals surface area contributed by atoms with Crippen molar-refractivity contribution in [2.45, 2.75) is 103 Å². The van der Waals surface area contributed by atoms with Crippen LogP contribution in [0, 0.1) is 11.8 Å². The topological polar surface area (TPSA) is 155 Å². The van der Waals surface area contributed by atoms with Crippen molar-refractivity contribution in [1.29, 1.82) is 0 Å². The monoisotopic (exact) mass is 627 g/mol. The molecule has 4 N–H and O–H groups in total. The molecule has 3 rings (SSSR count). The molecule has 1 aromatic rings. The molecule has 1 aliphatic heterocycles. The van der Waals surface area contributed by atoms with Crippen LogP contribution in [0.3, 0.4) is 0 Å². The number of alkyl carbamates (subject to hydrolysis) is 1. The summed E-state index contributed by atoms with van der Waals surface area (Å²) in [4.78, 5) is 65.3. The van der Waals surface area contributed by atoms with Crippen LogP contribution in [-0.4, -0.2) is 71.6 Å². The average Bonchev–Trinajstić information content (AvgIpc) is 3.41. The lowest BCUT2D eigenvalue weighted by Crippen LogP contribution is -2.60. The van der Waals surface area contributed by atoms with Crippen LogP contribution in [0.15, 0.2) is 43.0 Å². The summed E-state index contributed by atoms with van der Waals surface area (Å²) in [6.45, 7) is 11.2. The minimum Gasteiger partial charge on any atom is -0.445 e. The van der Waals surface area contributed by atoms with Crippen molar-refractivity contribution in [3.63, 3.8) is 0 Å². The minimum atomic E-state index is -1.19. The number of hydrogen-bond donors (Lipinski definition) is 4. The van der Waals surface area contributed by atoms with Gasteiger partial charge in [0.2, 0.25) is 11.8 Å². The predicted molar refractivity (Wildman–Crippen MR) is 168 cm³/mol. The minimum absolute atomic E-state index is 0.00835. The van der Waals surface area contributed by atoms with E-state index < -0.39 is 53.5 Å². The molecular weight excluding hydrogens is 578 g/mol. The summed E-state index contributed by atoms with van der Waals surface area (Å²) in [5.41, 5.74) is 2.78. The van der Waals surface area contributed by atoms with E-state index in [-0.39, 0.29) is 25.0 Å². The van der Waals surface area contributed by atoms with E-state index in [1.807, 2.05) is 51.1 Å². The third kappa shape index (κ3) is 11.8. The molecule has 0 radical (unpaired) electrons. The highest BCUT2D eigenvalue weighted by Crippen LogP contribution is 2.27. The molecular formula is C33H49N5O7. The zero-order valence-corrected chi connectivity index (χ0v) is 26.9. The average molecular weight is 628 g/mol. The van der Waals surface area contributed by atoms with Gasteiger partial charge in [-0.25, -0.2) is 9.80 Å². The first kappa shape index (κ1) is 35.5. The highest BCUT2D eigenvalue weighted by atomic mass is 16.6. The van der Waals surface area contributed by atoms with Crippen molar-refractivity contribution in [2.24, 2.45) is 11.8 Å². The summed E-state index contributed by atoms with van der Waals surface area (Å²) in [5, 5.41) is 9.27. The second-order valence-electron chi connectivity index (χ2n) is 12.8. The van der Waals surface area contributed by atoms with E-state index >= 15 is 0 Å². The Morgan fingerprint density at radius 2 is 1.73 bits per heavy atom. The lowest BCUT2D eigenvalue weighted by atomic mass is 9.84. The van der Waals surface area contributed by atoms with E-state index in [0.717, 1.165) is 48.8 Å². The summed E-state index contributed by atoms with van der Waals surface area (Å²) in [5.74, 6) is -2.29. The third-order valence-electron chi connectivity index (χ3n) is 7.96. The molecule has 0 bridgehead atoms. The summed E-state index contributed by atoms with van der Waals surface area (Å²) in [7, 11) is 0. The van der Waals surface area contributed by atoms with Gasteiger partial charge in [-0.3, -0.25) is 24.6 Å². The lowest BCUT2D eigenvalue weighted by Gasteiger charge is -2.33. The van der Waals surface area contributed by atoms with Gasteiger partial charge < -0.3 is 25.4 Å². The Bertz CT molecular complexity index is 1180. The van der Waals surface area contributed by atoms with E-state index in [1.165, 1.54) is 0 Å². The van der Waals surface area contributed by atoms with Gasteiger partial charge in [-0.2, -0.15) is 0 Å². The Hall–Kier alpha value is -3.93. The van der Waals surface area contributed by atoms with Crippen molar-refractivity contribution in [2.75, 3.05) is 13.1 Å². The molecule has 2 fully saturated rings. The molecule has 1 heterocycles. The number of nitrogens with one attached hydrogen (secondary N) is 4. The Morgan fingerprint density at radius 3 is 2.33 bits per heavy atom. The van der Waals surface area contributed by atoms with Crippen molar-refractivity contribution in [3.8, 4) is 0 Å². The number of amides is 5. The highest BCUT2D eigenvalue weighted by Gasteiger charge is 2.36. The van der Waals surface area contributed by atoms with Gasteiger partial charge in [0, 0.05) is 6.54 Å². The molecule has 1 saturated carbocycles. The van der Waals surface area contributed by atoms with Gasteiger partial charge in [0.05, 0.1) is 24.2 Å². The summed E-state index contributed by atoms with van der Waals surface area (Å²) < 4.78 is 11.4. The van der Waals surface area contributed by atoms with E-state index in [4.69, 9.17) is 9.47 Å². The molecule has 45 heavy (non-hydrogen) atoms. The second kappa shape index (κ2) is 17.0. The first-order valence-electron chi connectivity index (χ1n) is 15.8. The van der Waals surface area contributed by atoms with Gasteiger partial charge >= 0.3 is 6.09 Å². The molecule has 4 atom stereocenters. The van der Waals surface area contributed by atoms with E-state index in [9.17, 15) is 24.0 Å². The molecule has 1 aliphatic carbocycles. The van der Waals surface area contributed by atoms with Crippen LogP contribution >= 0.6 is 0 Å². The third-order valence-corrected chi connectivity index (χ3v) is 7.96. The van der Waals surface area contributed by atoms with Crippen LogP contribution in [-0.2, 0) is 35.3 Å². The van der Waals surface area contributed by atoms with Crippen LogP contribution in [0.4, 0.5) is 4.79 Å². The normalized spacial score (nSPS) is 18.9. The van der Waals surface area contributed by atoms with E-state index in [0.29, 0.717) is 19.4 Å². The fourth-order valence-electron chi connectivity index (χ4n) is 5.71. The molecule has 1 saturated heterocycles. The van der Waals surface area contributed by atoms with E-state index in [1.54, 1.807) is 6.92 Å². The summed E-state index contributed by atoms with van der Waals surface area (Å²) in [6, 6.07) is 6.93. The number of carbonyl (C=O) groups is 5. The van der Waals surface area contributed by atoms with Crippen LogP contribution in [0.25, 0.3) is 0 Å². The SMILES string of the molecule is C=CC(=O)N(CC1CCNC1=O)NC(=O)[C@H](CC1CCCCC1)NC(=O)[C@@H](NC(=O)OCc1ccccc1)[C@@H](C)OC(C)(C)C. The first-order valence-corrected chi connectivity index (χ1v) is 15.8. The van der Waals surface area contributed by atoms with Gasteiger partial charge in [0.15, 0.2) is 0 Å². The number of carbonyl (C=O) groups excluding carboxylic acids is 5. The molecule has 5 amide bonds. The zero-order chi connectivity index (χ0) is 33.0. The Morgan fingerprint density at radius 1 is 1.04 bits per heavy atom. The van der Waals surface area contributed by atoms with Crippen molar-refractivity contribution in [3.05, 3.63) is 48.6 Å². The quantitative estimate of drug-likeness (QED) is 0.194. The van der Waals surface area contributed by atoms with Crippen LogP contribution in [0.2, 0.25) is 0 Å². The fraction of sp³-hybridized carbons (Fsp3) is 0.606. The van der Waals surface area contributed by atoms with E-state index in [2.05, 4.69) is 28.0 Å². The summed E-state index contributed by atoms with van der Waals surface area (Å²) >= 11 is 0. The fourth-order valence-corrected chi connectivity index (χ4v) is 5.71. The Balaban J connectivity index is 1.78. The molecule has 12 heteroatoms. The number of hydrogen-bond acceptors (Lipinski definition) is 7. The Kier molecular flexibility index (Phi) is 13.4. The molecule has 0 spiro atoms. The van der Waals surface area contributed by atoms with Crippen LogP contribution in [0.5, 0.6) is 0 Å². The molecule has 1 unspecified atom stereocenters. The largest absolute Gasteiger partial charge is 0.445 e. The number of hydrazine groups is 1. The number of benzene rings is 1. The molecule has 1 aromatic carbocycles. The van der Waals surface area contributed by atoms with Crippen LogP contribution in [0.1, 0.15) is 78.2 Å². The first-order chi connectivity index (χ1) is 21.4. The maximum atomic E-state index is 13.8. The number of ether oxygens (including phenoxy) is 2. The maximum absolute atomic E-state index is 13.8. The van der Waals surface area contributed by atoms with Crippen molar-refractivity contribution in [1.82, 2.24) is 26.4 Å². The molecule has 0 aromatic heterocycles. The van der Waals surface area contributed by atoms with Gasteiger partial charge in [-0.1, -0.05) is 69.0 Å². The highest BCUT2D eigenvalue weighted by molar-refractivity contribution is 5.94. The lowest BCUT2D eigenvalue weighted by molar-refractivity contribution is -0.142. The smallest absolute Gasteiger partial charge is 0.408 e. The van der Waals surface area contributed by atoms with Gasteiger partial charge in [0.25, 0.3) is 11.8 Å². The second-order valence-corrected chi connectivity index (χ2v) is 12.8. The molecule has 12 nitrogen and oxygen atoms in total. The number of rotatable bonds is 13. The number of nitrogens with zero attached hydrogens (tertiary/aromatic N) is 1. The van der Waals surface area contributed by atoms with Crippen molar-refractivity contribution >= 4 is 29.7 Å². The van der Waals surface area contributed by atoms with Gasteiger partial charge in [-0.05, 0) is 58.1 Å². The molecule has 248 valence electrons. The van der Waals surface area contributed by atoms with Gasteiger partial charge in [0.1, 0.15) is 18.7 Å². The standard InChI is InChI=1S/C33H49N5O7/c1-6-27(39)38(20-25-17-18-34-29(25)40)37-30(41)26(19-23-13-9-7-10-14-23)35-31(42)28(22(2)45-33(3,4)5)36-32(43)44-21-24-15-11-8-12-16-24/h6,8,11-12,15-16,22-23,25-26,28H,1,7,9-10,13-14,17-21H2,2-5H3,(H,34,40)(H,35,42)(H,36,43)(H,37,41)/t22-,25?,26+,28+/m1/s1. The summed E-state index contributed by atoms with van der Waals surface area (Å²) in [6.07, 6.45) is 5.33. The van der Waals surface area contributed by atoms with Crippen molar-refractivity contribution < 1.29 is 33.4 Å². The maximum Gasteiger partial charge on any atom is 0.408 e. The zero-order valence-electron chi connectivity index (χ0n) is 26.9. The Labute approximate surface area is 266 Å². The predicted octanol–water partition coefficient (Wildman–Crippen LogP) is 3.12. The molecule has 2 aliphatic rings. The van der Waals surface area contributed by atoms with Gasteiger partial charge in [-0.15, -0.1) is 0 Å².